The molecule has 0 bridgehead atoms. The van der Waals surface area contributed by atoms with Gasteiger partial charge in [-0.2, -0.15) is 9.98 Å². The van der Waals surface area contributed by atoms with E-state index in [0.29, 0.717) is 51.6 Å². The van der Waals surface area contributed by atoms with Gasteiger partial charge in [-0.25, -0.2) is 15.0 Å². The fourth-order valence-electron chi connectivity index (χ4n) is 5.54. The van der Waals surface area contributed by atoms with Gasteiger partial charge in [0.05, 0.1) is 0 Å². The Labute approximate surface area is 258 Å². The molecule has 5 rings (SSSR count). The molecule has 0 saturated carbocycles. The maximum atomic E-state index is 13.0. The van der Waals surface area contributed by atoms with E-state index in [1.807, 2.05) is 33.8 Å². The topological polar surface area (TPSA) is 179 Å². The molecule has 0 aliphatic carbocycles. The lowest BCUT2D eigenvalue weighted by atomic mass is 9.88. The number of rotatable bonds is 7. The molecule has 2 aliphatic rings. The highest BCUT2D eigenvalue weighted by Crippen LogP contribution is 2.29. The van der Waals surface area contributed by atoms with Crippen molar-refractivity contribution in [3.05, 3.63) is 35.7 Å². The molecule has 3 aromatic rings. The van der Waals surface area contributed by atoms with Crippen molar-refractivity contribution in [1.29, 1.82) is 5.41 Å². The molecule has 6 N–H and O–H groups in total. The van der Waals surface area contributed by atoms with Crippen LogP contribution >= 0.6 is 0 Å². The number of fused-ring (bicyclic) bond motifs is 1. The zero-order valence-corrected chi connectivity index (χ0v) is 26.4. The van der Waals surface area contributed by atoms with Crippen molar-refractivity contribution in [2.24, 2.45) is 16.1 Å². The van der Waals surface area contributed by atoms with Gasteiger partial charge in [0.1, 0.15) is 23.2 Å². The Morgan fingerprint density at radius 3 is 2.45 bits per heavy atom. The number of aryl methyl sites for hydroxylation is 1. The average Bonchev–Trinajstić information content (AvgIpc) is 2.98. The number of carbonyl (C=O) groups excluding carboxylic acids is 1. The van der Waals surface area contributed by atoms with Gasteiger partial charge >= 0.3 is 0 Å². The second-order valence-electron chi connectivity index (χ2n) is 12.9. The van der Waals surface area contributed by atoms with Crippen LogP contribution in [-0.4, -0.2) is 99.5 Å². The van der Waals surface area contributed by atoms with Gasteiger partial charge in [0, 0.05) is 55.6 Å². The summed E-state index contributed by atoms with van der Waals surface area (Å²) in [5, 5.41) is 11.5. The molecule has 0 unspecified atom stereocenters. The normalized spacial score (nSPS) is 17.7. The highest BCUT2D eigenvalue weighted by Gasteiger charge is 2.28. The minimum atomic E-state index is -0.479. The number of piperazine rings is 1. The third-order valence-electron chi connectivity index (χ3n) is 8.54. The number of hydrogen-bond acceptors (Lipinski definition) is 11. The standard InChI is InChI=1S/C31H44N12O/c1-19-6-7-20(29(44)38-24(33)17-23(32)31(2,3)4)16-22(19)37-28-26-25(35-18-36-28)27(34)40-30(39-26)43-14-12-42(13-15-43)21-8-10-41(5)11-9-21/h6-7,16,18,21,32H,8-15,17H2,1-5H3,(H2,33,38,44)(H2,34,39,40)(H,35,36,37). The van der Waals surface area contributed by atoms with Crippen LogP contribution in [0, 0.1) is 17.7 Å². The second-order valence-corrected chi connectivity index (χ2v) is 12.9. The zero-order chi connectivity index (χ0) is 31.6. The maximum absolute atomic E-state index is 13.0. The van der Waals surface area contributed by atoms with E-state index in [0.717, 1.165) is 44.8 Å². The van der Waals surface area contributed by atoms with Crippen molar-refractivity contribution in [2.45, 2.75) is 53.0 Å². The molecule has 4 heterocycles. The van der Waals surface area contributed by atoms with Crippen LogP contribution in [0.1, 0.15) is 56.0 Å². The Hall–Kier alpha value is -4.23. The number of nitrogens with one attached hydrogen (secondary N) is 2. The predicted molar refractivity (Wildman–Crippen MR) is 176 cm³/mol. The van der Waals surface area contributed by atoms with Gasteiger partial charge in [-0.05, 0) is 63.0 Å². The molecule has 1 aromatic carbocycles. The first-order valence-corrected chi connectivity index (χ1v) is 15.2. The zero-order valence-electron chi connectivity index (χ0n) is 26.4. The van der Waals surface area contributed by atoms with Crippen molar-refractivity contribution >= 4 is 51.8 Å². The first kappa shape index (κ1) is 31.2. The molecular weight excluding hydrogens is 556 g/mol. The highest BCUT2D eigenvalue weighted by atomic mass is 16.1. The quantitative estimate of drug-likeness (QED) is 0.231. The summed E-state index contributed by atoms with van der Waals surface area (Å²) >= 11 is 0. The number of nitrogen functional groups attached to an aromatic ring is 1. The molecule has 2 fully saturated rings. The number of anilines is 4. The largest absolute Gasteiger partial charge is 0.387 e. The molecule has 1 amide bonds. The summed E-state index contributed by atoms with van der Waals surface area (Å²) in [6, 6.07) is 5.88. The number of amidine groups is 1. The van der Waals surface area contributed by atoms with Gasteiger partial charge in [0.15, 0.2) is 11.6 Å². The highest BCUT2D eigenvalue weighted by molar-refractivity contribution is 6.10. The van der Waals surface area contributed by atoms with E-state index < -0.39 is 5.91 Å². The van der Waals surface area contributed by atoms with Gasteiger partial charge in [0.2, 0.25) is 5.95 Å². The Balaban J connectivity index is 1.34. The number of piperidine rings is 1. The minimum absolute atomic E-state index is 0.110. The molecule has 2 aliphatic heterocycles. The van der Waals surface area contributed by atoms with E-state index in [4.69, 9.17) is 21.9 Å². The Morgan fingerprint density at radius 2 is 1.77 bits per heavy atom. The summed E-state index contributed by atoms with van der Waals surface area (Å²) in [6.07, 6.45) is 3.96. The SMILES string of the molecule is Cc1ccc(C(=O)N=C(N)CC(=N)C(C)(C)C)cc1Nc1ncnc2c(N)nc(N3CCN(C4CCN(C)CC4)CC3)nc12. The van der Waals surface area contributed by atoms with Crippen LogP contribution in [0.5, 0.6) is 0 Å². The van der Waals surface area contributed by atoms with Crippen LogP contribution < -0.4 is 21.7 Å². The summed E-state index contributed by atoms with van der Waals surface area (Å²) in [7, 11) is 2.19. The number of hydrogen-bond donors (Lipinski definition) is 4. The maximum Gasteiger partial charge on any atom is 0.278 e. The number of aliphatic imine (C=N–C) groups is 1. The molecule has 13 heteroatoms. The predicted octanol–water partition coefficient (Wildman–Crippen LogP) is 3.22. The van der Waals surface area contributed by atoms with Crippen molar-refractivity contribution < 1.29 is 4.79 Å². The lowest BCUT2D eigenvalue weighted by molar-refractivity contribution is 0.100. The van der Waals surface area contributed by atoms with E-state index in [9.17, 15) is 4.79 Å². The monoisotopic (exact) mass is 600 g/mol. The number of nitrogens with two attached hydrogens (primary N) is 2. The fraction of sp³-hybridized carbons (Fsp3) is 0.516. The third kappa shape index (κ3) is 7.11. The van der Waals surface area contributed by atoms with Crippen LogP contribution in [0.25, 0.3) is 11.0 Å². The average molecular weight is 601 g/mol. The minimum Gasteiger partial charge on any atom is -0.387 e. The molecule has 2 saturated heterocycles. The van der Waals surface area contributed by atoms with Crippen molar-refractivity contribution in [1.82, 2.24) is 29.7 Å². The summed E-state index contributed by atoms with van der Waals surface area (Å²) in [6.45, 7) is 13.5. The molecular formula is C31H44N12O. The van der Waals surface area contributed by atoms with E-state index in [2.05, 4.69) is 47.0 Å². The molecule has 44 heavy (non-hydrogen) atoms. The summed E-state index contributed by atoms with van der Waals surface area (Å²) in [5.41, 5.74) is 15.4. The number of amides is 1. The molecule has 0 atom stereocenters. The second kappa shape index (κ2) is 12.8. The van der Waals surface area contributed by atoms with Gasteiger partial charge in [-0.15, -0.1) is 0 Å². The molecule has 2 aromatic heterocycles. The van der Waals surface area contributed by atoms with E-state index >= 15 is 0 Å². The van der Waals surface area contributed by atoms with Gasteiger partial charge in [0.25, 0.3) is 5.91 Å². The van der Waals surface area contributed by atoms with Gasteiger partial charge in [-0.3, -0.25) is 9.69 Å². The van der Waals surface area contributed by atoms with Crippen molar-refractivity contribution in [3.63, 3.8) is 0 Å². The lowest BCUT2D eigenvalue weighted by Gasteiger charge is -2.42. The molecule has 13 nitrogen and oxygen atoms in total. The first-order chi connectivity index (χ1) is 20.9. The summed E-state index contributed by atoms with van der Waals surface area (Å²) < 4.78 is 0. The van der Waals surface area contributed by atoms with Crippen molar-refractivity contribution in [2.75, 3.05) is 62.3 Å². The number of nitrogens with zero attached hydrogens (tertiary/aromatic N) is 8. The van der Waals surface area contributed by atoms with E-state index in [-0.39, 0.29) is 17.7 Å². The molecule has 0 spiro atoms. The van der Waals surface area contributed by atoms with E-state index in [1.165, 1.54) is 19.2 Å². The van der Waals surface area contributed by atoms with Crippen molar-refractivity contribution in [3.8, 4) is 0 Å². The Kier molecular flexibility index (Phi) is 9.07. The fourth-order valence-corrected chi connectivity index (χ4v) is 5.54. The lowest BCUT2D eigenvalue weighted by Crippen LogP contribution is -2.53. The molecule has 0 radical (unpaired) electrons. The van der Waals surface area contributed by atoms with Crippen LogP contribution in [0.2, 0.25) is 0 Å². The smallest absolute Gasteiger partial charge is 0.278 e. The van der Waals surface area contributed by atoms with Crippen LogP contribution in [-0.2, 0) is 0 Å². The van der Waals surface area contributed by atoms with Crippen LogP contribution in [0.3, 0.4) is 0 Å². The molecule has 234 valence electrons. The summed E-state index contributed by atoms with van der Waals surface area (Å²) in [4.78, 5) is 42.5. The van der Waals surface area contributed by atoms with Crippen LogP contribution in [0.4, 0.5) is 23.3 Å². The summed E-state index contributed by atoms with van der Waals surface area (Å²) in [5.74, 6) is 0.943. The third-order valence-corrected chi connectivity index (χ3v) is 8.54. The number of aromatic nitrogens is 4. The first-order valence-electron chi connectivity index (χ1n) is 15.2. The number of carbonyl (C=O) groups is 1. The van der Waals surface area contributed by atoms with Gasteiger partial charge < -0.3 is 32.0 Å². The van der Waals surface area contributed by atoms with Gasteiger partial charge in [-0.1, -0.05) is 26.8 Å². The van der Waals surface area contributed by atoms with Crippen LogP contribution in [0.15, 0.2) is 29.5 Å². The number of benzene rings is 1. The Morgan fingerprint density at radius 1 is 1.07 bits per heavy atom. The Bertz CT molecular complexity index is 1560. The number of likely N-dealkylation sites (tertiary alicyclic amines) is 1. The van der Waals surface area contributed by atoms with E-state index in [1.54, 1.807) is 12.1 Å².